The molecule has 0 aromatic rings. The van der Waals surface area contributed by atoms with Crippen LogP contribution in [0.5, 0.6) is 0 Å². The molecule has 0 bridgehead atoms. The monoisotopic (exact) mass is 201 g/mol. The topological polar surface area (TPSA) is 38.3 Å². The molecule has 0 spiro atoms. The molecule has 0 saturated carbocycles. The highest BCUT2D eigenvalue weighted by Gasteiger charge is 2.06. The summed E-state index contributed by atoms with van der Waals surface area (Å²) < 4.78 is 5.11. The molecular weight excluding hydrogens is 178 g/mol. The van der Waals surface area contributed by atoms with E-state index in [-0.39, 0.29) is 5.97 Å². The fraction of sp³-hybridized carbons (Fsp3) is 0.909. The first-order chi connectivity index (χ1) is 6.56. The minimum absolute atomic E-state index is 0.151. The Morgan fingerprint density at radius 1 is 1.36 bits per heavy atom. The maximum atomic E-state index is 11.2. The Morgan fingerprint density at radius 2 is 2.00 bits per heavy atom. The van der Waals surface area contributed by atoms with Crippen molar-refractivity contribution in [3.8, 4) is 0 Å². The van der Waals surface area contributed by atoms with Crippen molar-refractivity contribution in [1.82, 2.24) is 5.32 Å². The van der Waals surface area contributed by atoms with Crippen LogP contribution in [0.1, 0.15) is 40.5 Å². The summed E-state index contributed by atoms with van der Waals surface area (Å²) in [6, 6.07) is 0.329. The lowest BCUT2D eigenvalue weighted by molar-refractivity contribution is -0.143. The number of carbonyl (C=O) groups is 1. The lowest BCUT2D eigenvalue weighted by atomic mass is 10.1. The van der Waals surface area contributed by atoms with Gasteiger partial charge in [0.15, 0.2) is 0 Å². The standard InChI is InChI=1S/C11H23NO2/c1-5-6-10(4)8-14-11(13)7-12-9(2)3/h9-10,12H,5-8H2,1-4H3. The van der Waals surface area contributed by atoms with E-state index in [4.69, 9.17) is 4.74 Å². The van der Waals surface area contributed by atoms with Crippen molar-refractivity contribution in [3.63, 3.8) is 0 Å². The normalized spacial score (nSPS) is 12.9. The molecular formula is C11H23NO2. The first kappa shape index (κ1) is 13.4. The SMILES string of the molecule is CCCC(C)COC(=O)CNC(C)C. The number of nitrogens with one attached hydrogen (secondary N) is 1. The van der Waals surface area contributed by atoms with Crippen molar-refractivity contribution in [2.24, 2.45) is 5.92 Å². The predicted molar refractivity (Wildman–Crippen MR) is 58.2 cm³/mol. The number of hydrogen-bond donors (Lipinski definition) is 1. The Balaban J connectivity index is 3.43. The summed E-state index contributed by atoms with van der Waals surface area (Å²) in [6.45, 7) is 9.12. The number of hydrogen-bond acceptors (Lipinski definition) is 3. The summed E-state index contributed by atoms with van der Waals surface area (Å²) in [6.07, 6.45) is 2.26. The van der Waals surface area contributed by atoms with E-state index in [2.05, 4.69) is 19.2 Å². The highest BCUT2D eigenvalue weighted by Crippen LogP contribution is 2.04. The second-order valence-electron chi connectivity index (χ2n) is 4.11. The maximum Gasteiger partial charge on any atom is 0.319 e. The molecule has 84 valence electrons. The van der Waals surface area contributed by atoms with Crippen LogP contribution in [0, 0.1) is 5.92 Å². The van der Waals surface area contributed by atoms with Crippen molar-refractivity contribution >= 4 is 5.97 Å². The molecule has 0 heterocycles. The van der Waals surface area contributed by atoms with Gasteiger partial charge in [0.1, 0.15) is 0 Å². The van der Waals surface area contributed by atoms with Crippen LogP contribution in [-0.2, 0) is 9.53 Å². The molecule has 0 aromatic heterocycles. The Bertz CT molecular complexity index is 157. The van der Waals surface area contributed by atoms with Crippen molar-refractivity contribution in [2.45, 2.75) is 46.6 Å². The van der Waals surface area contributed by atoms with E-state index >= 15 is 0 Å². The van der Waals surface area contributed by atoms with Gasteiger partial charge < -0.3 is 10.1 Å². The second kappa shape index (κ2) is 7.80. The van der Waals surface area contributed by atoms with E-state index in [0.29, 0.717) is 25.1 Å². The third-order valence-electron chi connectivity index (χ3n) is 1.96. The van der Waals surface area contributed by atoms with Gasteiger partial charge in [0.05, 0.1) is 13.2 Å². The molecule has 1 atom stereocenters. The van der Waals surface area contributed by atoms with Crippen molar-refractivity contribution < 1.29 is 9.53 Å². The van der Waals surface area contributed by atoms with Gasteiger partial charge in [-0.2, -0.15) is 0 Å². The van der Waals surface area contributed by atoms with Crippen molar-refractivity contribution in [1.29, 1.82) is 0 Å². The molecule has 0 amide bonds. The van der Waals surface area contributed by atoms with Crippen molar-refractivity contribution in [3.05, 3.63) is 0 Å². The molecule has 3 heteroatoms. The van der Waals surface area contributed by atoms with E-state index < -0.39 is 0 Å². The highest BCUT2D eigenvalue weighted by molar-refractivity contribution is 5.71. The summed E-state index contributed by atoms with van der Waals surface area (Å²) in [5.74, 6) is 0.324. The molecule has 0 aliphatic heterocycles. The Morgan fingerprint density at radius 3 is 2.50 bits per heavy atom. The first-order valence-corrected chi connectivity index (χ1v) is 5.45. The van der Waals surface area contributed by atoms with Gasteiger partial charge in [-0.1, -0.05) is 34.1 Å². The van der Waals surface area contributed by atoms with Gasteiger partial charge in [0.2, 0.25) is 0 Å². The van der Waals surface area contributed by atoms with E-state index in [0.717, 1.165) is 12.8 Å². The predicted octanol–water partition coefficient (Wildman–Crippen LogP) is 1.96. The average molecular weight is 201 g/mol. The third-order valence-corrected chi connectivity index (χ3v) is 1.96. The minimum Gasteiger partial charge on any atom is -0.464 e. The summed E-state index contributed by atoms with van der Waals surface area (Å²) in [5.41, 5.74) is 0. The van der Waals surface area contributed by atoms with Crippen LogP contribution < -0.4 is 5.32 Å². The largest absolute Gasteiger partial charge is 0.464 e. The summed E-state index contributed by atoms with van der Waals surface area (Å²) in [4.78, 5) is 11.2. The number of carbonyl (C=O) groups excluding carboxylic acids is 1. The molecule has 0 aliphatic rings. The Labute approximate surface area is 87.2 Å². The van der Waals surface area contributed by atoms with Gasteiger partial charge in [-0.15, -0.1) is 0 Å². The number of esters is 1. The van der Waals surface area contributed by atoms with Gasteiger partial charge in [0.25, 0.3) is 0 Å². The van der Waals surface area contributed by atoms with Gasteiger partial charge >= 0.3 is 5.97 Å². The number of ether oxygens (including phenoxy) is 1. The Kier molecular flexibility index (Phi) is 7.48. The quantitative estimate of drug-likeness (QED) is 0.640. The van der Waals surface area contributed by atoms with Crippen LogP contribution in [0.4, 0.5) is 0 Å². The lowest BCUT2D eigenvalue weighted by Gasteiger charge is -2.12. The van der Waals surface area contributed by atoms with Crippen LogP contribution in [0.15, 0.2) is 0 Å². The molecule has 0 saturated heterocycles. The molecule has 1 N–H and O–H groups in total. The zero-order valence-electron chi connectivity index (χ0n) is 9.80. The Hall–Kier alpha value is -0.570. The van der Waals surface area contributed by atoms with E-state index in [9.17, 15) is 4.79 Å². The zero-order chi connectivity index (χ0) is 11.0. The molecule has 0 rings (SSSR count). The smallest absolute Gasteiger partial charge is 0.319 e. The van der Waals surface area contributed by atoms with Gasteiger partial charge in [-0.05, 0) is 12.3 Å². The van der Waals surface area contributed by atoms with Gasteiger partial charge in [-0.3, -0.25) is 4.79 Å². The van der Waals surface area contributed by atoms with E-state index in [1.54, 1.807) is 0 Å². The summed E-state index contributed by atoms with van der Waals surface area (Å²) in [5, 5.41) is 3.03. The van der Waals surface area contributed by atoms with Crippen LogP contribution in [-0.4, -0.2) is 25.2 Å². The molecule has 1 unspecified atom stereocenters. The molecule has 0 aromatic carbocycles. The van der Waals surface area contributed by atoms with E-state index in [1.807, 2.05) is 13.8 Å². The average Bonchev–Trinajstić information content (AvgIpc) is 2.12. The molecule has 0 radical (unpaired) electrons. The fourth-order valence-electron chi connectivity index (χ4n) is 1.15. The van der Waals surface area contributed by atoms with E-state index in [1.165, 1.54) is 0 Å². The lowest BCUT2D eigenvalue weighted by Crippen LogP contribution is -2.31. The van der Waals surface area contributed by atoms with Crippen molar-refractivity contribution in [2.75, 3.05) is 13.2 Å². The summed E-state index contributed by atoms with van der Waals surface area (Å²) in [7, 11) is 0. The first-order valence-electron chi connectivity index (χ1n) is 5.45. The van der Waals surface area contributed by atoms with Crippen LogP contribution in [0.25, 0.3) is 0 Å². The maximum absolute atomic E-state index is 11.2. The molecule has 0 fully saturated rings. The second-order valence-corrected chi connectivity index (χ2v) is 4.11. The van der Waals surface area contributed by atoms with Gasteiger partial charge in [-0.25, -0.2) is 0 Å². The fourth-order valence-corrected chi connectivity index (χ4v) is 1.15. The van der Waals surface area contributed by atoms with Crippen LogP contribution >= 0.6 is 0 Å². The third kappa shape index (κ3) is 8.05. The molecule has 3 nitrogen and oxygen atoms in total. The highest BCUT2D eigenvalue weighted by atomic mass is 16.5. The van der Waals surface area contributed by atoms with Crippen LogP contribution in [0.3, 0.4) is 0 Å². The molecule has 14 heavy (non-hydrogen) atoms. The van der Waals surface area contributed by atoms with Gasteiger partial charge in [0, 0.05) is 6.04 Å². The minimum atomic E-state index is -0.151. The number of rotatable bonds is 7. The zero-order valence-corrected chi connectivity index (χ0v) is 9.80. The summed E-state index contributed by atoms with van der Waals surface area (Å²) >= 11 is 0. The molecule has 0 aliphatic carbocycles. The van der Waals surface area contributed by atoms with Crippen LogP contribution in [0.2, 0.25) is 0 Å².